The molecule has 0 saturated heterocycles. The highest BCUT2D eigenvalue weighted by Gasteiger charge is 2.32. The molecule has 0 radical (unpaired) electrons. The summed E-state index contributed by atoms with van der Waals surface area (Å²) in [7, 11) is 1.27. The summed E-state index contributed by atoms with van der Waals surface area (Å²) in [5, 5.41) is 19.5. The van der Waals surface area contributed by atoms with Gasteiger partial charge in [0.25, 0.3) is 0 Å². The van der Waals surface area contributed by atoms with E-state index in [0.717, 1.165) is 0 Å². The minimum atomic E-state index is -1.16. The molecular weight excluding hydrogens is 496 g/mol. The molecule has 12 heteroatoms. The first-order valence-electron chi connectivity index (χ1n) is 11.7. The van der Waals surface area contributed by atoms with Crippen LogP contribution in [0.2, 0.25) is 0 Å². The van der Waals surface area contributed by atoms with E-state index in [9.17, 15) is 19.5 Å². The SMILES string of the molecule is CCOc1cc([C@@H]2NC(=O)NC(C)=C2C(=O)OC)ccc1OC[C@H](O)N/N=C/c1cccc(OC(C)=O)c1. The Kier molecular flexibility index (Phi) is 9.66. The van der Waals surface area contributed by atoms with Gasteiger partial charge in [-0.05, 0) is 49.2 Å². The summed E-state index contributed by atoms with van der Waals surface area (Å²) in [5.74, 6) is 0.0738. The molecule has 2 aromatic rings. The second-order valence-corrected chi connectivity index (χ2v) is 8.08. The molecule has 0 saturated carbocycles. The Morgan fingerprint density at radius 3 is 2.68 bits per heavy atom. The summed E-state index contributed by atoms with van der Waals surface area (Å²) in [5.41, 5.74) is 4.43. The number of aliphatic hydroxyl groups excluding tert-OH is 1. The van der Waals surface area contributed by atoms with E-state index in [4.69, 9.17) is 18.9 Å². The molecule has 0 fully saturated rings. The normalized spacial score (nSPS) is 15.8. The number of nitrogens with one attached hydrogen (secondary N) is 3. The highest BCUT2D eigenvalue weighted by molar-refractivity contribution is 5.95. The van der Waals surface area contributed by atoms with Crippen molar-refractivity contribution >= 4 is 24.2 Å². The minimum Gasteiger partial charge on any atom is -0.490 e. The fourth-order valence-corrected chi connectivity index (χ4v) is 3.64. The summed E-state index contributed by atoms with van der Waals surface area (Å²) in [6.07, 6.45) is 0.301. The van der Waals surface area contributed by atoms with Gasteiger partial charge in [0.15, 0.2) is 17.7 Å². The zero-order valence-corrected chi connectivity index (χ0v) is 21.4. The smallest absolute Gasteiger partial charge is 0.337 e. The molecule has 2 aromatic carbocycles. The number of nitrogens with zero attached hydrogens (tertiary/aromatic N) is 1. The van der Waals surface area contributed by atoms with Crippen LogP contribution in [0.25, 0.3) is 0 Å². The number of esters is 2. The molecule has 202 valence electrons. The van der Waals surface area contributed by atoms with Crippen molar-refractivity contribution in [1.82, 2.24) is 16.1 Å². The number of hydrazone groups is 1. The fraction of sp³-hybridized carbons (Fsp3) is 0.308. The molecule has 0 spiro atoms. The highest BCUT2D eigenvalue weighted by atomic mass is 16.5. The average molecular weight is 527 g/mol. The largest absolute Gasteiger partial charge is 0.490 e. The minimum absolute atomic E-state index is 0.166. The number of hydrogen-bond donors (Lipinski definition) is 4. The number of ether oxygens (including phenoxy) is 4. The van der Waals surface area contributed by atoms with E-state index >= 15 is 0 Å². The monoisotopic (exact) mass is 526 g/mol. The molecule has 0 aromatic heterocycles. The van der Waals surface area contributed by atoms with Crippen molar-refractivity contribution < 1.29 is 38.4 Å². The molecule has 1 heterocycles. The van der Waals surface area contributed by atoms with Crippen molar-refractivity contribution in [2.24, 2.45) is 5.10 Å². The number of allylic oxidation sites excluding steroid dienone is 1. The van der Waals surface area contributed by atoms with Gasteiger partial charge in [0.1, 0.15) is 12.4 Å². The van der Waals surface area contributed by atoms with Crippen LogP contribution in [0.1, 0.15) is 37.9 Å². The van der Waals surface area contributed by atoms with Gasteiger partial charge in [-0.25, -0.2) is 9.59 Å². The molecule has 2 atom stereocenters. The Hall–Kier alpha value is -4.58. The number of urea groups is 1. The third-order valence-electron chi connectivity index (χ3n) is 5.23. The van der Waals surface area contributed by atoms with E-state index in [2.05, 4.69) is 21.2 Å². The Bertz CT molecular complexity index is 1240. The first-order chi connectivity index (χ1) is 18.2. The van der Waals surface area contributed by atoms with Crippen LogP contribution >= 0.6 is 0 Å². The number of amides is 2. The van der Waals surface area contributed by atoms with E-state index in [-0.39, 0.29) is 12.2 Å². The molecule has 0 bridgehead atoms. The van der Waals surface area contributed by atoms with E-state index in [1.165, 1.54) is 20.2 Å². The average Bonchev–Trinajstić information content (AvgIpc) is 2.87. The van der Waals surface area contributed by atoms with Crippen molar-refractivity contribution in [1.29, 1.82) is 0 Å². The fourth-order valence-electron chi connectivity index (χ4n) is 3.64. The third-order valence-corrected chi connectivity index (χ3v) is 5.23. The highest BCUT2D eigenvalue weighted by Crippen LogP contribution is 2.34. The quantitative estimate of drug-likeness (QED) is 0.113. The summed E-state index contributed by atoms with van der Waals surface area (Å²) in [6, 6.07) is 10.5. The van der Waals surface area contributed by atoms with Gasteiger partial charge in [-0.3, -0.25) is 10.2 Å². The lowest BCUT2D eigenvalue weighted by Gasteiger charge is -2.28. The summed E-state index contributed by atoms with van der Waals surface area (Å²) >= 11 is 0. The first-order valence-corrected chi connectivity index (χ1v) is 11.7. The van der Waals surface area contributed by atoms with Crippen molar-refractivity contribution in [3.8, 4) is 17.2 Å². The maximum Gasteiger partial charge on any atom is 0.337 e. The lowest BCUT2D eigenvalue weighted by molar-refractivity contribution is -0.136. The summed E-state index contributed by atoms with van der Waals surface area (Å²) < 4.78 is 21.3. The zero-order valence-electron chi connectivity index (χ0n) is 21.4. The zero-order chi connectivity index (χ0) is 27.7. The topological polar surface area (TPSA) is 157 Å². The van der Waals surface area contributed by atoms with Crippen LogP contribution in [0.4, 0.5) is 4.79 Å². The number of aliphatic hydroxyl groups is 1. The third kappa shape index (κ3) is 7.46. The van der Waals surface area contributed by atoms with Crippen LogP contribution in [0.5, 0.6) is 17.2 Å². The first kappa shape index (κ1) is 28.0. The van der Waals surface area contributed by atoms with Gasteiger partial charge >= 0.3 is 18.0 Å². The van der Waals surface area contributed by atoms with Gasteiger partial charge in [0, 0.05) is 12.6 Å². The van der Waals surface area contributed by atoms with E-state index in [1.807, 2.05) is 0 Å². The van der Waals surface area contributed by atoms with Crippen LogP contribution in [0.15, 0.2) is 58.8 Å². The molecule has 3 rings (SSSR count). The number of carbonyl (C=O) groups is 3. The molecule has 1 aliphatic rings. The predicted octanol–water partition coefficient (Wildman–Crippen LogP) is 2.13. The van der Waals surface area contributed by atoms with Crippen molar-refractivity contribution in [3.05, 3.63) is 64.9 Å². The predicted molar refractivity (Wildman–Crippen MR) is 137 cm³/mol. The number of benzene rings is 2. The van der Waals surface area contributed by atoms with E-state index < -0.39 is 30.2 Å². The van der Waals surface area contributed by atoms with Crippen LogP contribution in [0, 0.1) is 0 Å². The number of carbonyl (C=O) groups excluding carboxylic acids is 3. The molecule has 0 aliphatic carbocycles. The summed E-state index contributed by atoms with van der Waals surface area (Å²) in [4.78, 5) is 35.5. The van der Waals surface area contributed by atoms with Gasteiger partial charge in [-0.1, -0.05) is 18.2 Å². The Morgan fingerprint density at radius 2 is 1.97 bits per heavy atom. The van der Waals surface area contributed by atoms with E-state index in [0.29, 0.717) is 40.7 Å². The molecular formula is C26H30N4O8. The molecule has 38 heavy (non-hydrogen) atoms. The maximum absolute atomic E-state index is 12.4. The molecule has 12 nitrogen and oxygen atoms in total. The molecule has 4 N–H and O–H groups in total. The van der Waals surface area contributed by atoms with Crippen LogP contribution in [-0.4, -0.2) is 55.8 Å². The van der Waals surface area contributed by atoms with Crippen LogP contribution in [-0.2, 0) is 14.3 Å². The maximum atomic E-state index is 12.4. The van der Waals surface area contributed by atoms with Gasteiger partial charge in [0.05, 0.1) is 31.5 Å². The van der Waals surface area contributed by atoms with Gasteiger partial charge in [0.2, 0.25) is 0 Å². The molecule has 2 amide bonds. The Labute approximate surface area is 219 Å². The van der Waals surface area contributed by atoms with Crippen molar-refractivity contribution in [2.45, 2.75) is 33.0 Å². The Morgan fingerprint density at radius 1 is 1.18 bits per heavy atom. The van der Waals surface area contributed by atoms with Crippen LogP contribution in [0.3, 0.4) is 0 Å². The molecule has 0 unspecified atom stereocenters. The van der Waals surface area contributed by atoms with E-state index in [1.54, 1.807) is 56.3 Å². The lowest BCUT2D eigenvalue weighted by atomic mass is 9.95. The summed E-state index contributed by atoms with van der Waals surface area (Å²) in [6.45, 7) is 4.89. The Balaban J connectivity index is 1.68. The molecule has 1 aliphatic heterocycles. The van der Waals surface area contributed by atoms with Crippen LogP contribution < -0.4 is 30.3 Å². The van der Waals surface area contributed by atoms with Gasteiger partial charge in [-0.2, -0.15) is 5.10 Å². The van der Waals surface area contributed by atoms with Crippen molar-refractivity contribution in [3.63, 3.8) is 0 Å². The number of hydrogen-bond acceptors (Lipinski definition) is 10. The van der Waals surface area contributed by atoms with Crippen molar-refractivity contribution in [2.75, 3.05) is 20.3 Å². The number of methoxy groups -OCH3 is 1. The van der Waals surface area contributed by atoms with Gasteiger partial charge in [-0.15, -0.1) is 0 Å². The standard InChI is InChI=1S/C26H30N4O8/c1-5-36-21-12-18(24-23(25(33)35-4)15(2)28-26(34)29-24)9-10-20(21)37-14-22(32)30-27-13-17-7-6-8-19(11-17)38-16(3)31/h6-13,22,24,30,32H,5,14H2,1-4H3,(H2,28,29,34)/b27-13+/t22-,24-/m0/s1. The second kappa shape index (κ2) is 13.1. The lowest BCUT2D eigenvalue weighted by Crippen LogP contribution is -2.45. The second-order valence-electron chi connectivity index (χ2n) is 8.08. The number of rotatable bonds is 11. The van der Waals surface area contributed by atoms with Gasteiger partial charge < -0.3 is 34.7 Å².